The largest absolute Gasteiger partial charge is 0.481 e. The number of rotatable bonds is 4. The minimum absolute atomic E-state index is 0.173. The van der Waals surface area contributed by atoms with Crippen molar-refractivity contribution in [3.63, 3.8) is 0 Å². The van der Waals surface area contributed by atoms with E-state index in [-0.39, 0.29) is 5.82 Å². The van der Waals surface area contributed by atoms with E-state index in [4.69, 9.17) is 4.74 Å². The predicted molar refractivity (Wildman–Crippen MR) is 58.8 cm³/mol. The van der Waals surface area contributed by atoms with Gasteiger partial charge in [0.1, 0.15) is 6.20 Å². The summed E-state index contributed by atoms with van der Waals surface area (Å²) in [5.41, 5.74) is 0.835. The van der Waals surface area contributed by atoms with E-state index in [9.17, 15) is 10.1 Å². The number of hydrogen-bond donors (Lipinski definition) is 0. The molecule has 0 aliphatic carbocycles. The van der Waals surface area contributed by atoms with Crippen molar-refractivity contribution in [3.05, 3.63) is 46.5 Å². The van der Waals surface area contributed by atoms with Crippen LogP contribution in [-0.4, -0.2) is 26.6 Å². The van der Waals surface area contributed by atoms with Crippen LogP contribution in [0.15, 0.2) is 30.9 Å². The Kier molecular flexibility index (Phi) is 2.99. The van der Waals surface area contributed by atoms with E-state index in [1.165, 1.54) is 19.6 Å². The van der Waals surface area contributed by atoms with Crippen molar-refractivity contribution >= 4 is 5.82 Å². The summed E-state index contributed by atoms with van der Waals surface area (Å²) in [6.07, 6.45) is 4.40. The highest BCUT2D eigenvalue weighted by Crippen LogP contribution is 2.16. The molecule has 17 heavy (non-hydrogen) atoms. The Bertz CT molecular complexity index is 538. The molecule has 0 saturated carbocycles. The highest BCUT2D eigenvalue weighted by molar-refractivity contribution is 5.26. The number of ether oxygens (including phenoxy) is 1. The third kappa shape index (κ3) is 2.39. The highest BCUT2D eigenvalue weighted by Gasteiger charge is 2.11. The van der Waals surface area contributed by atoms with Crippen LogP contribution in [0.25, 0.3) is 0 Å². The fourth-order valence-electron chi connectivity index (χ4n) is 1.45. The zero-order valence-corrected chi connectivity index (χ0v) is 9.11. The van der Waals surface area contributed by atoms with E-state index in [1.54, 1.807) is 16.8 Å². The van der Waals surface area contributed by atoms with E-state index in [0.717, 1.165) is 5.56 Å². The Labute approximate surface area is 96.8 Å². The molecule has 0 amide bonds. The quantitative estimate of drug-likeness (QED) is 0.587. The average molecular weight is 234 g/mol. The Morgan fingerprint density at radius 3 is 3.00 bits per heavy atom. The van der Waals surface area contributed by atoms with Gasteiger partial charge in [-0.25, -0.2) is 4.98 Å². The Hall–Kier alpha value is -2.44. The van der Waals surface area contributed by atoms with Crippen molar-refractivity contribution < 1.29 is 9.66 Å². The van der Waals surface area contributed by atoms with Crippen LogP contribution in [0.4, 0.5) is 5.82 Å². The SMILES string of the molecule is COc1ncccc1Cn1cnc([N+](=O)[O-])c1. The van der Waals surface area contributed by atoms with Gasteiger partial charge in [0.25, 0.3) is 0 Å². The van der Waals surface area contributed by atoms with Crippen molar-refractivity contribution in [1.82, 2.24) is 14.5 Å². The molecule has 0 atom stereocenters. The predicted octanol–water partition coefficient (Wildman–Crippen LogP) is 1.24. The zero-order valence-electron chi connectivity index (χ0n) is 9.11. The van der Waals surface area contributed by atoms with Crippen molar-refractivity contribution in [1.29, 1.82) is 0 Å². The normalized spacial score (nSPS) is 10.2. The number of pyridine rings is 1. The van der Waals surface area contributed by atoms with E-state index in [2.05, 4.69) is 9.97 Å². The van der Waals surface area contributed by atoms with E-state index in [0.29, 0.717) is 12.4 Å². The second kappa shape index (κ2) is 4.60. The first-order valence-corrected chi connectivity index (χ1v) is 4.84. The third-order valence-corrected chi connectivity index (χ3v) is 2.20. The Morgan fingerprint density at radius 2 is 2.35 bits per heavy atom. The van der Waals surface area contributed by atoms with E-state index < -0.39 is 4.92 Å². The molecule has 7 nitrogen and oxygen atoms in total. The molecule has 0 N–H and O–H groups in total. The minimum Gasteiger partial charge on any atom is -0.481 e. The van der Waals surface area contributed by atoms with Gasteiger partial charge in [0.05, 0.1) is 13.7 Å². The van der Waals surface area contributed by atoms with Gasteiger partial charge in [-0.05, 0) is 16.0 Å². The summed E-state index contributed by atoms with van der Waals surface area (Å²) in [6, 6.07) is 3.63. The molecule has 0 spiro atoms. The summed E-state index contributed by atoms with van der Waals surface area (Å²) in [6.45, 7) is 0.428. The molecule has 2 rings (SSSR count). The number of nitrogens with zero attached hydrogens (tertiary/aromatic N) is 4. The Morgan fingerprint density at radius 1 is 1.53 bits per heavy atom. The van der Waals surface area contributed by atoms with Crippen LogP contribution >= 0.6 is 0 Å². The standard InChI is InChI=1S/C10H10N4O3/c1-17-10-8(3-2-4-11-10)5-13-6-9(12-7-13)14(15)16/h2-4,6-7H,5H2,1H3. The summed E-state index contributed by atoms with van der Waals surface area (Å²) >= 11 is 0. The van der Waals surface area contributed by atoms with Crippen LogP contribution in [0.1, 0.15) is 5.56 Å². The van der Waals surface area contributed by atoms with Gasteiger partial charge in [-0.15, -0.1) is 0 Å². The molecular weight excluding hydrogens is 224 g/mol. The molecule has 7 heteroatoms. The van der Waals surface area contributed by atoms with Gasteiger partial charge >= 0.3 is 5.82 Å². The molecule has 2 aromatic heterocycles. The van der Waals surface area contributed by atoms with E-state index >= 15 is 0 Å². The number of methoxy groups -OCH3 is 1. The van der Waals surface area contributed by atoms with Crippen LogP contribution in [0, 0.1) is 10.1 Å². The molecule has 0 aliphatic rings. The molecule has 0 saturated heterocycles. The molecule has 0 aliphatic heterocycles. The number of imidazole rings is 1. The fraction of sp³-hybridized carbons (Fsp3) is 0.200. The van der Waals surface area contributed by atoms with Crippen molar-refractivity contribution in [3.8, 4) is 5.88 Å². The summed E-state index contributed by atoms with van der Waals surface area (Å²) in [7, 11) is 1.53. The third-order valence-electron chi connectivity index (χ3n) is 2.20. The monoisotopic (exact) mass is 234 g/mol. The topological polar surface area (TPSA) is 83.1 Å². The second-order valence-electron chi connectivity index (χ2n) is 3.33. The van der Waals surface area contributed by atoms with Gasteiger partial charge in [0.15, 0.2) is 0 Å². The number of hydrogen-bond acceptors (Lipinski definition) is 5. The first-order chi connectivity index (χ1) is 8.20. The van der Waals surface area contributed by atoms with Crippen LogP contribution < -0.4 is 4.74 Å². The minimum atomic E-state index is -0.531. The highest BCUT2D eigenvalue weighted by atomic mass is 16.6. The lowest BCUT2D eigenvalue weighted by atomic mass is 10.2. The number of aromatic nitrogens is 3. The van der Waals surface area contributed by atoms with Gasteiger partial charge < -0.3 is 19.4 Å². The van der Waals surface area contributed by atoms with Crippen LogP contribution in [0.2, 0.25) is 0 Å². The van der Waals surface area contributed by atoms with Gasteiger partial charge in [0, 0.05) is 11.8 Å². The van der Waals surface area contributed by atoms with Gasteiger partial charge in [-0.1, -0.05) is 6.07 Å². The molecule has 0 unspecified atom stereocenters. The van der Waals surface area contributed by atoms with Crippen molar-refractivity contribution in [2.75, 3.05) is 7.11 Å². The van der Waals surface area contributed by atoms with Crippen molar-refractivity contribution in [2.24, 2.45) is 0 Å². The van der Waals surface area contributed by atoms with Gasteiger partial charge in [-0.3, -0.25) is 0 Å². The van der Waals surface area contributed by atoms with Crippen LogP contribution in [-0.2, 0) is 6.54 Å². The maximum absolute atomic E-state index is 10.5. The van der Waals surface area contributed by atoms with Crippen molar-refractivity contribution in [2.45, 2.75) is 6.54 Å². The van der Waals surface area contributed by atoms with Gasteiger partial charge in [-0.2, -0.15) is 0 Å². The second-order valence-corrected chi connectivity index (χ2v) is 3.33. The molecule has 0 bridgehead atoms. The molecule has 2 heterocycles. The average Bonchev–Trinajstić information content (AvgIpc) is 2.78. The Balaban J connectivity index is 2.22. The summed E-state index contributed by atoms with van der Waals surface area (Å²) in [5, 5.41) is 10.5. The smallest absolute Gasteiger partial charge is 0.381 e. The summed E-state index contributed by atoms with van der Waals surface area (Å²) in [5.74, 6) is 0.330. The maximum Gasteiger partial charge on any atom is 0.381 e. The molecule has 2 aromatic rings. The maximum atomic E-state index is 10.5. The first kappa shape index (κ1) is 11.1. The summed E-state index contributed by atoms with van der Waals surface area (Å²) in [4.78, 5) is 17.7. The fourth-order valence-corrected chi connectivity index (χ4v) is 1.45. The molecule has 0 fully saturated rings. The zero-order chi connectivity index (χ0) is 12.3. The lowest BCUT2D eigenvalue weighted by molar-refractivity contribution is -0.389. The molecule has 0 aromatic carbocycles. The van der Waals surface area contributed by atoms with Gasteiger partial charge in [0.2, 0.25) is 12.2 Å². The van der Waals surface area contributed by atoms with E-state index in [1.807, 2.05) is 6.07 Å². The first-order valence-electron chi connectivity index (χ1n) is 4.84. The lowest BCUT2D eigenvalue weighted by Crippen LogP contribution is -2.00. The lowest BCUT2D eigenvalue weighted by Gasteiger charge is -2.05. The van der Waals surface area contributed by atoms with Crippen LogP contribution in [0.3, 0.4) is 0 Å². The van der Waals surface area contributed by atoms with Crippen LogP contribution in [0.5, 0.6) is 5.88 Å². The number of nitro groups is 1. The molecular formula is C10H10N4O3. The molecule has 88 valence electrons. The molecule has 0 radical (unpaired) electrons. The summed E-state index contributed by atoms with van der Waals surface area (Å²) < 4.78 is 6.70.